The summed E-state index contributed by atoms with van der Waals surface area (Å²) in [5, 5.41) is 2.80. The molecule has 1 unspecified atom stereocenters. The van der Waals surface area contributed by atoms with Gasteiger partial charge in [0.25, 0.3) is 0 Å². The van der Waals surface area contributed by atoms with Crippen molar-refractivity contribution in [3.63, 3.8) is 0 Å². The summed E-state index contributed by atoms with van der Waals surface area (Å²) < 4.78 is 5.32. The van der Waals surface area contributed by atoms with Crippen LogP contribution in [0.5, 0.6) is 0 Å². The van der Waals surface area contributed by atoms with Crippen molar-refractivity contribution in [2.45, 2.75) is 25.8 Å². The van der Waals surface area contributed by atoms with Crippen LogP contribution < -0.4 is 11.1 Å². The van der Waals surface area contributed by atoms with Crippen molar-refractivity contribution in [3.8, 4) is 0 Å². The molecule has 2 heterocycles. The second-order valence-corrected chi connectivity index (χ2v) is 6.03. The van der Waals surface area contributed by atoms with Gasteiger partial charge in [-0.3, -0.25) is 14.5 Å². The normalized spacial score (nSPS) is 22.4. The van der Waals surface area contributed by atoms with Gasteiger partial charge in [-0.05, 0) is 25.7 Å². The van der Waals surface area contributed by atoms with Crippen molar-refractivity contribution in [3.05, 3.63) is 0 Å². The van der Waals surface area contributed by atoms with Crippen molar-refractivity contribution >= 4 is 11.8 Å². The Morgan fingerprint density at radius 2 is 1.86 bits per heavy atom. The smallest absolute Gasteiger partial charge is 0.239 e. The first-order chi connectivity index (χ1) is 10.6. The molecule has 2 aliphatic heterocycles. The van der Waals surface area contributed by atoms with Gasteiger partial charge in [0.15, 0.2) is 0 Å². The molecule has 3 N–H and O–H groups in total. The van der Waals surface area contributed by atoms with Gasteiger partial charge >= 0.3 is 0 Å². The lowest BCUT2D eigenvalue weighted by atomic mass is 9.91. The Hall–Kier alpha value is -1.18. The van der Waals surface area contributed by atoms with Crippen molar-refractivity contribution in [1.29, 1.82) is 0 Å². The number of nitrogens with zero attached hydrogens (tertiary/aromatic N) is 2. The predicted molar refractivity (Wildman–Crippen MR) is 83.2 cm³/mol. The lowest BCUT2D eigenvalue weighted by molar-refractivity contribution is -0.136. The zero-order valence-corrected chi connectivity index (χ0v) is 13.4. The molecule has 0 aromatic heterocycles. The van der Waals surface area contributed by atoms with Crippen LogP contribution in [-0.2, 0) is 14.3 Å². The van der Waals surface area contributed by atoms with Gasteiger partial charge in [0.1, 0.15) is 0 Å². The van der Waals surface area contributed by atoms with E-state index in [1.807, 2.05) is 11.8 Å². The zero-order chi connectivity index (χ0) is 15.9. The molecule has 0 bridgehead atoms. The number of rotatable bonds is 5. The average Bonchev–Trinajstić information content (AvgIpc) is 2.55. The fraction of sp³-hybridized carbons (Fsp3) is 0.867. The quantitative estimate of drug-likeness (QED) is 0.681. The maximum absolute atomic E-state index is 12.5. The summed E-state index contributed by atoms with van der Waals surface area (Å²) >= 11 is 0. The molecule has 0 aromatic carbocycles. The minimum Gasteiger partial charge on any atom is -0.381 e. The van der Waals surface area contributed by atoms with Gasteiger partial charge in [0.2, 0.25) is 11.8 Å². The molecule has 2 amide bonds. The minimum atomic E-state index is -0.418. The molecule has 22 heavy (non-hydrogen) atoms. The Morgan fingerprint density at radius 3 is 2.45 bits per heavy atom. The van der Waals surface area contributed by atoms with Crippen LogP contribution >= 0.6 is 0 Å². The van der Waals surface area contributed by atoms with E-state index in [4.69, 9.17) is 10.5 Å². The summed E-state index contributed by atoms with van der Waals surface area (Å²) in [6.07, 6.45) is 1.73. The van der Waals surface area contributed by atoms with Gasteiger partial charge < -0.3 is 20.7 Å². The van der Waals surface area contributed by atoms with Gasteiger partial charge in [0.05, 0.1) is 12.6 Å². The summed E-state index contributed by atoms with van der Waals surface area (Å²) in [5.41, 5.74) is 6.15. The van der Waals surface area contributed by atoms with Crippen LogP contribution in [0, 0.1) is 5.92 Å². The highest BCUT2D eigenvalue weighted by Gasteiger charge is 2.31. The molecule has 2 aliphatic rings. The molecule has 7 nitrogen and oxygen atoms in total. The number of likely N-dealkylation sites (N-methyl/N-ethyl adjacent to an activating group) is 1. The summed E-state index contributed by atoms with van der Waals surface area (Å²) in [7, 11) is 0. The van der Waals surface area contributed by atoms with E-state index in [2.05, 4.69) is 10.2 Å². The molecule has 0 radical (unpaired) electrons. The molecule has 2 saturated heterocycles. The molecule has 0 aliphatic carbocycles. The van der Waals surface area contributed by atoms with E-state index in [0.717, 1.165) is 25.9 Å². The van der Waals surface area contributed by atoms with Crippen molar-refractivity contribution in [2.24, 2.45) is 11.7 Å². The highest BCUT2D eigenvalue weighted by Crippen LogP contribution is 2.19. The highest BCUT2D eigenvalue weighted by molar-refractivity contribution is 5.82. The van der Waals surface area contributed by atoms with E-state index in [1.54, 1.807) is 0 Å². The topological polar surface area (TPSA) is 87.9 Å². The van der Waals surface area contributed by atoms with Crippen LogP contribution in [-0.4, -0.2) is 80.1 Å². The molecule has 1 atom stereocenters. The van der Waals surface area contributed by atoms with E-state index in [0.29, 0.717) is 39.4 Å². The van der Waals surface area contributed by atoms with Crippen LogP contribution in [0.1, 0.15) is 19.8 Å². The van der Waals surface area contributed by atoms with Crippen LogP contribution in [0.25, 0.3) is 0 Å². The number of amides is 2. The standard InChI is InChI=1S/C15H28N4O3/c1-2-17-13(20)11-18-5-7-19(8-6-18)15(21)14(16)12-3-9-22-10-4-12/h12,14H,2-11,16H2,1H3,(H,17,20). The number of carbonyl (C=O) groups excluding carboxylic acids is 2. The Kier molecular flexibility index (Phi) is 6.60. The van der Waals surface area contributed by atoms with E-state index >= 15 is 0 Å². The number of ether oxygens (including phenoxy) is 1. The van der Waals surface area contributed by atoms with E-state index in [1.165, 1.54) is 0 Å². The van der Waals surface area contributed by atoms with Crippen molar-refractivity contribution in [2.75, 3.05) is 52.5 Å². The van der Waals surface area contributed by atoms with Gasteiger partial charge in [0, 0.05) is 45.9 Å². The summed E-state index contributed by atoms with van der Waals surface area (Å²) in [6, 6.07) is -0.418. The molecule has 126 valence electrons. The fourth-order valence-corrected chi connectivity index (χ4v) is 3.07. The number of hydrogen-bond donors (Lipinski definition) is 2. The number of piperazine rings is 1. The molecular weight excluding hydrogens is 284 g/mol. The number of carbonyl (C=O) groups is 2. The Morgan fingerprint density at radius 1 is 1.23 bits per heavy atom. The Labute approximate surface area is 132 Å². The lowest BCUT2D eigenvalue weighted by Crippen LogP contribution is -2.56. The molecule has 2 rings (SSSR count). The van der Waals surface area contributed by atoms with Crippen LogP contribution in [0.4, 0.5) is 0 Å². The first-order valence-electron chi connectivity index (χ1n) is 8.23. The lowest BCUT2D eigenvalue weighted by Gasteiger charge is -2.37. The van der Waals surface area contributed by atoms with E-state index < -0.39 is 6.04 Å². The van der Waals surface area contributed by atoms with Crippen LogP contribution in [0.15, 0.2) is 0 Å². The van der Waals surface area contributed by atoms with Crippen LogP contribution in [0.2, 0.25) is 0 Å². The first kappa shape index (κ1) is 17.2. The number of hydrogen-bond acceptors (Lipinski definition) is 5. The Bertz CT molecular complexity index is 377. The molecule has 2 fully saturated rings. The summed E-state index contributed by atoms with van der Waals surface area (Å²) in [4.78, 5) is 28.0. The Balaban J connectivity index is 1.75. The molecule has 0 aromatic rings. The maximum Gasteiger partial charge on any atom is 0.239 e. The third-order valence-corrected chi connectivity index (χ3v) is 4.48. The van der Waals surface area contributed by atoms with Crippen molar-refractivity contribution in [1.82, 2.24) is 15.1 Å². The molecule has 0 spiro atoms. The minimum absolute atomic E-state index is 0.0428. The third kappa shape index (κ3) is 4.66. The van der Waals surface area contributed by atoms with Gasteiger partial charge in [-0.2, -0.15) is 0 Å². The fourth-order valence-electron chi connectivity index (χ4n) is 3.07. The molecular formula is C15H28N4O3. The maximum atomic E-state index is 12.5. The average molecular weight is 312 g/mol. The third-order valence-electron chi connectivity index (χ3n) is 4.48. The second kappa shape index (κ2) is 8.45. The number of nitrogens with one attached hydrogen (secondary N) is 1. The summed E-state index contributed by atoms with van der Waals surface area (Å²) in [6.45, 7) is 7.11. The van der Waals surface area contributed by atoms with E-state index in [-0.39, 0.29) is 17.7 Å². The monoisotopic (exact) mass is 312 g/mol. The SMILES string of the molecule is CCNC(=O)CN1CCN(C(=O)C(N)C2CCOCC2)CC1. The summed E-state index contributed by atoms with van der Waals surface area (Å²) in [5.74, 6) is 0.320. The van der Waals surface area contributed by atoms with Gasteiger partial charge in [-0.25, -0.2) is 0 Å². The largest absolute Gasteiger partial charge is 0.381 e. The highest BCUT2D eigenvalue weighted by atomic mass is 16.5. The number of nitrogens with two attached hydrogens (primary N) is 1. The molecule has 7 heteroatoms. The predicted octanol–water partition coefficient (Wildman–Crippen LogP) is -0.979. The van der Waals surface area contributed by atoms with E-state index in [9.17, 15) is 9.59 Å². The first-order valence-corrected chi connectivity index (χ1v) is 8.23. The van der Waals surface area contributed by atoms with Crippen molar-refractivity contribution < 1.29 is 14.3 Å². The zero-order valence-electron chi connectivity index (χ0n) is 13.4. The van der Waals surface area contributed by atoms with Crippen LogP contribution in [0.3, 0.4) is 0 Å². The second-order valence-electron chi connectivity index (χ2n) is 6.03. The molecule has 0 saturated carbocycles. The van der Waals surface area contributed by atoms with Gasteiger partial charge in [-0.1, -0.05) is 0 Å². The van der Waals surface area contributed by atoms with Gasteiger partial charge in [-0.15, -0.1) is 0 Å².